The molecule has 85 valence electrons. The maximum Gasteiger partial charge on any atom is -0.00857 e. The zero-order chi connectivity index (χ0) is 10.9. The first-order chi connectivity index (χ1) is 7.38. The molecule has 1 aliphatic carbocycles. The maximum absolute atomic E-state index is 3.52. The Labute approximate surface area is 95.5 Å². The molecule has 0 nitrogen and oxygen atoms in total. The monoisotopic (exact) mass is 205 g/mol. The first kappa shape index (κ1) is 12.5. The number of allylic oxidation sites excluding steroid dienone is 4. The molecular formula is C15H25. The second-order valence-corrected chi connectivity index (χ2v) is 4.50. The molecule has 0 heteroatoms. The van der Waals surface area contributed by atoms with Crippen molar-refractivity contribution in [1.29, 1.82) is 0 Å². The molecule has 0 saturated carbocycles. The van der Waals surface area contributed by atoms with E-state index in [0.717, 1.165) is 6.42 Å². The summed E-state index contributed by atoms with van der Waals surface area (Å²) in [7, 11) is 0. The van der Waals surface area contributed by atoms with Crippen LogP contribution in [0.25, 0.3) is 0 Å². The molecule has 0 spiro atoms. The summed E-state index contributed by atoms with van der Waals surface area (Å²) in [6.45, 7) is 4.54. The molecule has 0 N–H and O–H groups in total. The summed E-state index contributed by atoms with van der Waals surface area (Å²) >= 11 is 0. The first-order valence-corrected chi connectivity index (χ1v) is 6.67. The molecular weight excluding hydrogens is 180 g/mol. The SMILES string of the molecule is CCCCCC1=[C]CC=C1CCCCC. The Kier molecular flexibility index (Phi) is 6.47. The molecule has 0 saturated heterocycles. The molecule has 1 radical (unpaired) electrons. The van der Waals surface area contributed by atoms with Crippen LogP contribution in [0.4, 0.5) is 0 Å². The van der Waals surface area contributed by atoms with E-state index in [9.17, 15) is 0 Å². The van der Waals surface area contributed by atoms with E-state index in [4.69, 9.17) is 0 Å². The highest BCUT2D eigenvalue weighted by Gasteiger charge is 2.09. The van der Waals surface area contributed by atoms with E-state index in [1.807, 2.05) is 0 Å². The quantitative estimate of drug-likeness (QED) is 0.477. The minimum Gasteiger partial charge on any atom is -0.0766 e. The second-order valence-electron chi connectivity index (χ2n) is 4.50. The van der Waals surface area contributed by atoms with Crippen molar-refractivity contribution in [2.45, 2.75) is 71.6 Å². The van der Waals surface area contributed by atoms with Crippen molar-refractivity contribution in [3.63, 3.8) is 0 Å². The van der Waals surface area contributed by atoms with Gasteiger partial charge in [-0.3, -0.25) is 0 Å². The van der Waals surface area contributed by atoms with Crippen molar-refractivity contribution in [2.24, 2.45) is 0 Å². The van der Waals surface area contributed by atoms with Gasteiger partial charge in [0.15, 0.2) is 0 Å². The molecule has 0 aliphatic heterocycles. The third-order valence-corrected chi connectivity index (χ3v) is 3.13. The Morgan fingerprint density at radius 3 is 2.33 bits per heavy atom. The van der Waals surface area contributed by atoms with Gasteiger partial charge in [-0.15, -0.1) is 0 Å². The average Bonchev–Trinajstić information content (AvgIpc) is 2.67. The molecule has 0 aromatic rings. The molecule has 0 unspecified atom stereocenters. The van der Waals surface area contributed by atoms with Gasteiger partial charge < -0.3 is 0 Å². The van der Waals surface area contributed by atoms with Crippen molar-refractivity contribution >= 4 is 0 Å². The molecule has 0 heterocycles. The van der Waals surface area contributed by atoms with Crippen LogP contribution < -0.4 is 0 Å². The number of hydrogen-bond donors (Lipinski definition) is 0. The fourth-order valence-electron chi connectivity index (χ4n) is 2.15. The zero-order valence-electron chi connectivity index (χ0n) is 10.4. The summed E-state index contributed by atoms with van der Waals surface area (Å²) in [5.41, 5.74) is 3.15. The lowest BCUT2D eigenvalue weighted by molar-refractivity contribution is 0.691. The second kappa shape index (κ2) is 7.73. The van der Waals surface area contributed by atoms with Gasteiger partial charge in [0, 0.05) is 0 Å². The predicted molar refractivity (Wildman–Crippen MR) is 67.7 cm³/mol. The van der Waals surface area contributed by atoms with Crippen LogP contribution in [0.15, 0.2) is 17.2 Å². The van der Waals surface area contributed by atoms with Gasteiger partial charge in [-0.2, -0.15) is 0 Å². The van der Waals surface area contributed by atoms with E-state index < -0.39 is 0 Å². The van der Waals surface area contributed by atoms with Crippen LogP contribution in [0.5, 0.6) is 0 Å². The van der Waals surface area contributed by atoms with E-state index in [0.29, 0.717) is 0 Å². The van der Waals surface area contributed by atoms with Gasteiger partial charge >= 0.3 is 0 Å². The predicted octanol–water partition coefficient (Wildman–Crippen LogP) is 5.21. The van der Waals surface area contributed by atoms with Gasteiger partial charge in [-0.05, 0) is 49.3 Å². The van der Waals surface area contributed by atoms with E-state index in [-0.39, 0.29) is 0 Å². The fraction of sp³-hybridized carbons (Fsp3) is 0.733. The third-order valence-electron chi connectivity index (χ3n) is 3.13. The highest BCUT2D eigenvalue weighted by molar-refractivity contribution is 5.34. The van der Waals surface area contributed by atoms with Gasteiger partial charge in [-0.1, -0.05) is 45.6 Å². The summed E-state index contributed by atoms with van der Waals surface area (Å²) in [6.07, 6.45) is 17.6. The lowest BCUT2D eigenvalue weighted by atomic mass is 9.98. The van der Waals surface area contributed by atoms with Gasteiger partial charge in [0.05, 0.1) is 0 Å². The summed E-state index contributed by atoms with van der Waals surface area (Å²) < 4.78 is 0. The molecule has 1 aliphatic rings. The van der Waals surface area contributed by atoms with Crippen molar-refractivity contribution in [2.75, 3.05) is 0 Å². The van der Waals surface area contributed by atoms with Crippen LogP contribution in [-0.2, 0) is 0 Å². The first-order valence-electron chi connectivity index (χ1n) is 6.67. The van der Waals surface area contributed by atoms with Crippen molar-refractivity contribution in [3.05, 3.63) is 23.3 Å². The molecule has 1 rings (SSSR count). The van der Waals surface area contributed by atoms with E-state index >= 15 is 0 Å². The van der Waals surface area contributed by atoms with Crippen molar-refractivity contribution in [3.8, 4) is 0 Å². The summed E-state index contributed by atoms with van der Waals surface area (Å²) in [5, 5.41) is 0. The highest BCUT2D eigenvalue weighted by atomic mass is 14.1. The Morgan fingerprint density at radius 1 is 1.00 bits per heavy atom. The van der Waals surface area contributed by atoms with Crippen LogP contribution in [0, 0.1) is 6.08 Å². The third kappa shape index (κ3) is 4.68. The normalized spacial score (nSPS) is 15.3. The lowest BCUT2D eigenvalue weighted by Crippen LogP contribution is -1.88. The summed E-state index contributed by atoms with van der Waals surface area (Å²) in [4.78, 5) is 0. The Morgan fingerprint density at radius 2 is 1.67 bits per heavy atom. The molecule has 0 bridgehead atoms. The van der Waals surface area contributed by atoms with Crippen LogP contribution in [0.2, 0.25) is 0 Å². The molecule has 15 heavy (non-hydrogen) atoms. The molecule has 0 atom stereocenters. The smallest absolute Gasteiger partial charge is 0.00857 e. The van der Waals surface area contributed by atoms with E-state index in [1.165, 1.54) is 51.4 Å². The van der Waals surface area contributed by atoms with Gasteiger partial charge in [0.1, 0.15) is 0 Å². The standard InChI is InChI=1S/C15H25/c1-3-5-7-10-14-12-9-13-15(14)11-8-6-4-2/h12H,3-11H2,1-2H3. The number of rotatable bonds is 8. The van der Waals surface area contributed by atoms with Crippen LogP contribution in [0.1, 0.15) is 71.6 Å². The van der Waals surface area contributed by atoms with Gasteiger partial charge in [0.2, 0.25) is 0 Å². The van der Waals surface area contributed by atoms with Gasteiger partial charge in [0.25, 0.3) is 0 Å². The summed E-state index contributed by atoms with van der Waals surface area (Å²) in [5.74, 6) is 0. The molecule has 0 aromatic heterocycles. The maximum atomic E-state index is 3.52. The minimum absolute atomic E-state index is 1.07. The largest absolute Gasteiger partial charge is 0.0766 e. The number of hydrogen-bond acceptors (Lipinski definition) is 0. The molecule has 0 amide bonds. The number of unbranched alkanes of at least 4 members (excludes halogenated alkanes) is 4. The minimum atomic E-state index is 1.07. The Balaban J connectivity index is 2.22. The summed E-state index contributed by atoms with van der Waals surface area (Å²) in [6, 6.07) is 0. The van der Waals surface area contributed by atoms with Crippen LogP contribution in [-0.4, -0.2) is 0 Å². The van der Waals surface area contributed by atoms with E-state index in [2.05, 4.69) is 26.0 Å². The van der Waals surface area contributed by atoms with Crippen molar-refractivity contribution < 1.29 is 0 Å². The van der Waals surface area contributed by atoms with Crippen molar-refractivity contribution in [1.82, 2.24) is 0 Å². The van der Waals surface area contributed by atoms with Crippen LogP contribution >= 0.6 is 0 Å². The highest BCUT2D eigenvalue weighted by Crippen LogP contribution is 2.27. The lowest BCUT2D eigenvalue weighted by Gasteiger charge is -2.07. The average molecular weight is 205 g/mol. The van der Waals surface area contributed by atoms with E-state index in [1.54, 1.807) is 11.1 Å². The fourth-order valence-corrected chi connectivity index (χ4v) is 2.15. The van der Waals surface area contributed by atoms with Gasteiger partial charge in [-0.25, -0.2) is 0 Å². The zero-order valence-corrected chi connectivity index (χ0v) is 10.4. The molecule has 0 aromatic carbocycles. The Bertz CT molecular complexity index is 196. The topological polar surface area (TPSA) is 0 Å². The Hall–Kier alpha value is -0.520. The van der Waals surface area contributed by atoms with Crippen LogP contribution in [0.3, 0.4) is 0 Å². The molecule has 0 fully saturated rings.